The molecule has 0 saturated carbocycles. The molecule has 7 nitrogen and oxygen atoms in total. The van der Waals surface area contributed by atoms with Crippen LogP contribution in [-0.4, -0.2) is 33.9 Å². The lowest BCUT2D eigenvalue weighted by Crippen LogP contribution is -2.31. The number of rotatable bonds is 6. The SMILES string of the molecule is Cc1nc(CCc2ccc(C(=O)Nc3ccccc3N)cc2)nc(N2CCCCC2)n1. The number of carbonyl (C=O) groups excluding carboxylic acids is 1. The highest BCUT2D eigenvalue weighted by Crippen LogP contribution is 2.19. The zero-order valence-corrected chi connectivity index (χ0v) is 17.8. The van der Waals surface area contributed by atoms with Crippen LogP contribution >= 0.6 is 0 Å². The Morgan fingerprint density at radius 3 is 2.45 bits per heavy atom. The summed E-state index contributed by atoms with van der Waals surface area (Å²) in [6.07, 6.45) is 5.20. The summed E-state index contributed by atoms with van der Waals surface area (Å²) >= 11 is 0. The summed E-state index contributed by atoms with van der Waals surface area (Å²) in [6, 6.07) is 14.8. The van der Waals surface area contributed by atoms with Crippen LogP contribution in [0.4, 0.5) is 17.3 Å². The third kappa shape index (κ3) is 5.36. The smallest absolute Gasteiger partial charge is 0.255 e. The molecule has 0 radical (unpaired) electrons. The van der Waals surface area contributed by atoms with E-state index in [0.717, 1.165) is 49.1 Å². The molecule has 7 heteroatoms. The van der Waals surface area contributed by atoms with Gasteiger partial charge in [-0.2, -0.15) is 9.97 Å². The number of aryl methyl sites for hydroxylation is 3. The average molecular weight is 417 g/mol. The molecule has 0 bridgehead atoms. The monoisotopic (exact) mass is 416 g/mol. The van der Waals surface area contributed by atoms with Crippen molar-refractivity contribution in [3.63, 3.8) is 0 Å². The van der Waals surface area contributed by atoms with Crippen molar-refractivity contribution in [2.45, 2.75) is 39.0 Å². The molecule has 0 atom stereocenters. The Labute approximate surface area is 182 Å². The normalized spacial score (nSPS) is 13.8. The van der Waals surface area contributed by atoms with Crippen molar-refractivity contribution in [2.24, 2.45) is 0 Å². The van der Waals surface area contributed by atoms with E-state index in [1.54, 1.807) is 12.1 Å². The van der Waals surface area contributed by atoms with E-state index >= 15 is 0 Å². The van der Waals surface area contributed by atoms with E-state index in [4.69, 9.17) is 10.7 Å². The van der Waals surface area contributed by atoms with Gasteiger partial charge in [-0.05, 0) is 62.4 Å². The Hall–Kier alpha value is -3.48. The van der Waals surface area contributed by atoms with Crippen molar-refractivity contribution in [3.05, 3.63) is 71.3 Å². The quantitative estimate of drug-likeness (QED) is 0.594. The van der Waals surface area contributed by atoms with Crippen molar-refractivity contribution in [3.8, 4) is 0 Å². The summed E-state index contributed by atoms with van der Waals surface area (Å²) in [5, 5.41) is 2.85. The number of benzene rings is 2. The molecule has 160 valence electrons. The lowest BCUT2D eigenvalue weighted by molar-refractivity contribution is 0.102. The summed E-state index contributed by atoms with van der Waals surface area (Å²) in [7, 11) is 0. The molecule has 2 heterocycles. The van der Waals surface area contributed by atoms with Gasteiger partial charge in [0.25, 0.3) is 5.91 Å². The van der Waals surface area contributed by atoms with Gasteiger partial charge in [0.2, 0.25) is 5.95 Å². The number of piperidine rings is 1. The van der Waals surface area contributed by atoms with Crippen molar-refractivity contribution in [1.82, 2.24) is 15.0 Å². The van der Waals surface area contributed by atoms with Crippen LogP contribution in [0.3, 0.4) is 0 Å². The molecule has 2 aromatic carbocycles. The van der Waals surface area contributed by atoms with Crippen LogP contribution in [0, 0.1) is 6.92 Å². The number of aromatic nitrogens is 3. The molecule has 3 aromatic rings. The number of amides is 1. The first-order valence-corrected chi connectivity index (χ1v) is 10.8. The third-order valence-electron chi connectivity index (χ3n) is 5.48. The molecule has 1 aromatic heterocycles. The minimum Gasteiger partial charge on any atom is -0.397 e. The lowest BCUT2D eigenvalue weighted by Gasteiger charge is -2.26. The first-order valence-electron chi connectivity index (χ1n) is 10.8. The maximum atomic E-state index is 12.5. The topological polar surface area (TPSA) is 97.0 Å². The van der Waals surface area contributed by atoms with E-state index in [1.165, 1.54) is 19.3 Å². The van der Waals surface area contributed by atoms with E-state index in [0.29, 0.717) is 16.9 Å². The number of nitrogens with two attached hydrogens (primary N) is 1. The maximum absolute atomic E-state index is 12.5. The van der Waals surface area contributed by atoms with Gasteiger partial charge >= 0.3 is 0 Å². The van der Waals surface area contributed by atoms with Crippen LogP contribution < -0.4 is 16.0 Å². The van der Waals surface area contributed by atoms with Crippen molar-refractivity contribution >= 4 is 23.2 Å². The lowest BCUT2D eigenvalue weighted by atomic mass is 10.1. The second-order valence-corrected chi connectivity index (χ2v) is 7.88. The highest BCUT2D eigenvalue weighted by molar-refractivity contribution is 6.05. The van der Waals surface area contributed by atoms with Crippen molar-refractivity contribution in [2.75, 3.05) is 29.0 Å². The minimum absolute atomic E-state index is 0.177. The number of carbonyl (C=O) groups is 1. The standard InChI is InChI=1S/C24H28N6O/c1-17-26-22(29-24(27-17)30-15-5-2-6-16-30)14-11-18-9-12-19(13-10-18)23(31)28-21-8-4-3-7-20(21)25/h3-4,7-10,12-13H,2,5-6,11,14-16,25H2,1H3,(H,28,31). The highest BCUT2D eigenvalue weighted by atomic mass is 16.1. The third-order valence-corrected chi connectivity index (χ3v) is 5.48. The molecule has 31 heavy (non-hydrogen) atoms. The Morgan fingerprint density at radius 2 is 1.71 bits per heavy atom. The van der Waals surface area contributed by atoms with Gasteiger partial charge in [0.1, 0.15) is 11.6 Å². The van der Waals surface area contributed by atoms with Crippen LogP contribution in [0.1, 0.15) is 46.8 Å². The molecule has 0 unspecified atom stereocenters. The average Bonchev–Trinajstić information content (AvgIpc) is 2.80. The van der Waals surface area contributed by atoms with Gasteiger partial charge in [-0.15, -0.1) is 0 Å². The number of hydrogen-bond donors (Lipinski definition) is 2. The van der Waals surface area contributed by atoms with Crippen LogP contribution in [-0.2, 0) is 12.8 Å². The van der Waals surface area contributed by atoms with E-state index in [1.807, 2.05) is 43.3 Å². The van der Waals surface area contributed by atoms with Gasteiger partial charge in [0.15, 0.2) is 0 Å². The number of hydrogen-bond acceptors (Lipinski definition) is 6. The Morgan fingerprint density at radius 1 is 0.968 bits per heavy atom. The Balaban J connectivity index is 1.38. The van der Waals surface area contributed by atoms with Gasteiger partial charge in [0.05, 0.1) is 11.4 Å². The molecular weight excluding hydrogens is 388 g/mol. The van der Waals surface area contributed by atoms with Crippen LogP contribution in [0.25, 0.3) is 0 Å². The molecule has 1 amide bonds. The van der Waals surface area contributed by atoms with Crippen molar-refractivity contribution in [1.29, 1.82) is 0 Å². The summed E-state index contributed by atoms with van der Waals surface area (Å²) in [6.45, 7) is 3.95. The fraction of sp³-hybridized carbons (Fsp3) is 0.333. The molecular formula is C24H28N6O. The molecule has 1 fully saturated rings. The molecule has 1 aliphatic rings. The van der Waals surface area contributed by atoms with Crippen molar-refractivity contribution < 1.29 is 4.79 Å². The Kier molecular flexibility index (Phi) is 6.40. The molecule has 4 rings (SSSR count). The van der Waals surface area contributed by atoms with E-state index in [9.17, 15) is 4.79 Å². The fourth-order valence-electron chi connectivity index (χ4n) is 3.75. The van der Waals surface area contributed by atoms with E-state index < -0.39 is 0 Å². The predicted octanol–water partition coefficient (Wildman–Crippen LogP) is 3.79. The minimum atomic E-state index is -0.177. The van der Waals surface area contributed by atoms with Gasteiger partial charge in [0, 0.05) is 25.1 Å². The second kappa shape index (κ2) is 9.55. The Bertz CT molecular complexity index is 1040. The zero-order chi connectivity index (χ0) is 21.6. The number of nitrogens with one attached hydrogen (secondary N) is 1. The van der Waals surface area contributed by atoms with Gasteiger partial charge in [-0.25, -0.2) is 4.98 Å². The number of para-hydroxylation sites is 2. The van der Waals surface area contributed by atoms with Crippen LogP contribution in [0.5, 0.6) is 0 Å². The molecule has 3 N–H and O–H groups in total. The largest absolute Gasteiger partial charge is 0.397 e. The summed E-state index contributed by atoms with van der Waals surface area (Å²) < 4.78 is 0. The van der Waals surface area contributed by atoms with Crippen LogP contribution in [0.2, 0.25) is 0 Å². The van der Waals surface area contributed by atoms with Gasteiger partial charge in [-0.3, -0.25) is 4.79 Å². The van der Waals surface area contributed by atoms with E-state index in [-0.39, 0.29) is 5.91 Å². The van der Waals surface area contributed by atoms with E-state index in [2.05, 4.69) is 20.2 Å². The zero-order valence-electron chi connectivity index (χ0n) is 17.8. The predicted molar refractivity (Wildman–Crippen MR) is 123 cm³/mol. The fourth-order valence-corrected chi connectivity index (χ4v) is 3.75. The molecule has 0 spiro atoms. The summed E-state index contributed by atoms with van der Waals surface area (Å²) in [5.74, 6) is 2.20. The highest BCUT2D eigenvalue weighted by Gasteiger charge is 2.15. The van der Waals surface area contributed by atoms with Crippen LogP contribution in [0.15, 0.2) is 48.5 Å². The van der Waals surface area contributed by atoms with Gasteiger partial charge in [-0.1, -0.05) is 24.3 Å². The molecule has 0 aliphatic carbocycles. The first-order chi connectivity index (χ1) is 15.1. The molecule has 1 saturated heterocycles. The van der Waals surface area contributed by atoms with Gasteiger partial charge < -0.3 is 16.0 Å². The second-order valence-electron chi connectivity index (χ2n) is 7.88. The number of nitrogens with zero attached hydrogens (tertiary/aromatic N) is 4. The molecule has 1 aliphatic heterocycles. The summed E-state index contributed by atoms with van der Waals surface area (Å²) in [5.41, 5.74) is 8.79. The number of anilines is 3. The summed E-state index contributed by atoms with van der Waals surface area (Å²) in [4.78, 5) is 28.5. The first kappa shape index (κ1) is 20.8. The number of nitrogen functional groups attached to an aromatic ring is 1. The maximum Gasteiger partial charge on any atom is 0.255 e.